The van der Waals surface area contributed by atoms with E-state index < -0.39 is 18.4 Å². The van der Waals surface area contributed by atoms with Gasteiger partial charge in [0.15, 0.2) is 11.5 Å². The van der Waals surface area contributed by atoms with E-state index in [1.165, 1.54) is 0 Å². The SMILES string of the molecule is O=C(O)CN1C(=O)/C(=C\c2ccc(-c3ccc4c(c3)OCO4)nc2)SC1=S. The highest BCUT2D eigenvalue weighted by Gasteiger charge is 2.33. The number of fused-ring (bicyclic) bond motifs is 1. The molecule has 1 saturated heterocycles. The maximum atomic E-state index is 12.3. The van der Waals surface area contributed by atoms with Gasteiger partial charge >= 0.3 is 5.97 Å². The second-order valence-corrected chi connectivity index (χ2v) is 7.38. The van der Waals surface area contributed by atoms with Crippen LogP contribution in [0, 0.1) is 0 Å². The number of aromatic nitrogens is 1. The van der Waals surface area contributed by atoms with Crippen LogP contribution in [0.5, 0.6) is 11.5 Å². The molecule has 1 N–H and O–H groups in total. The molecule has 2 aliphatic heterocycles. The van der Waals surface area contributed by atoms with Crippen LogP contribution in [-0.4, -0.2) is 44.5 Å². The highest BCUT2D eigenvalue weighted by Crippen LogP contribution is 2.36. The Kier molecular flexibility index (Phi) is 4.54. The number of carboxylic acids is 1. The Balaban J connectivity index is 1.54. The molecule has 7 nitrogen and oxygen atoms in total. The Bertz CT molecular complexity index is 988. The normalized spacial score (nSPS) is 17.0. The predicted octanol–water partition coefficient (Wildman–Crippen LogP) is 2.76. The van der Waals surface area contributed by atoms with Gasteiger partial charge in [0, 0.05) is 11.8 Å². The van der Waals surface area contributed by atoms with Crippen LogP contribution in [0.25, 0.3) is 17.3 Å². The van der Waals surface area contributed by atoms with Crippen molar-refractivity contribution in [3.63, 3.8) is 0 Å². The predicted molar refractivity (Wildman–Crippen MR) is 103 cm³/mol. The second kappa shape index (κ2) is 7.01. The highest BCUT2D eigenvalue weighted by atomic mass is 32.2. The molecule has 0 bridgehead atoms. The molecule has 9 heteroatoms. The lowest BCUT2D eigenvalue weighted by Crippen LogP contribution is -2.33. The first-order valence-corrected chi connectivity index (χ1v) is 9.07. The molecule has 136 valence electrons. The van der Waals surface area contributed by atoms with Gasteiger partial charge in [-0.05, 0) is 35.9 Å². The number of hydrogen-bond donors (Lipinski definition) is 1. The zero-order valence-corrected chi connectivity index (χ0v) is 15.4. The van der Waals surface area contributed by atoms with Crippen molar-refractivity contribution in [1.29, 1.82) is 0 Å². The van der Waals surface area contributed by atoms with E-state index in [1.54, 1.807) is 12.3 Å². The monoisotopic (exact) mass is 400 g/mol. The van der Waals surface area contributed by atoms with Crippen LogP contribution in [0.4, 0.5) is 0 Å². The average Bonchev–Trinajstić information content (AvgIpc) is 3.22. The molecular formula is C18H12N2O5S2. The lowest BCUT2D eigenvalue weighted by molar-refractivity contribution is -0.140. The number of carbonyl (C=O) groups excluding carboxylic acids is 1. The molecule has 1 aromatic heterocycles. The van der Waals surface area contributed by atoms with E-state index in [1.807, 2.05) is 30.3 Å². The second-order valence-electron chi connectivity index (χ2n) is 5.71. The molecule has 0 unspecified atom stereocenters. The molecule has 27 heavy (non-hydrogen) atoms. The Labute approximate surface area is 163 Å². The lowest BCUT2D eigenvalue weighted by atomic mass is 10.1. The van der Waals surface area contributed by atoms with E-state index in [9.17, 15) is 9.59 Å². The maximum Gasteiger partial charge on any atom is 0.323 e. The number of rotatable bonds is 4. The fourth-order valence-electron chi connectivity index (χ4n) is 2.64. The molecule has 1 aromatic carbocycles. The van der Waals surface area contributed by atoms with Crippen molar-refractivity contribution in [3.8, 4) is 22.8 Å². The van der Waals surface area contributed by atoms with Gasteiger partial charge in [0.05, 0.1) is 10.6 Å². The van der Waals surface area contributed by atoms with E-state index in [0.717, 1.165) is 33.5 Å². The summed E-state index contributed by atoms with van der Waals surface area (Å²) in [6, 6.07) is 9.26. The Hall–Kier alpha value is -2.91. The minimum Gasteiger partial charge on any atom is -0.480 e. The summed E-state index contributed by atoms with van der Waals surface area (Å²) in [6.45, 7) is -0.228. The van der Waals surface area contributed by atoms with Gasteiger partial charge in [-0.2, -0.15) is 0 Å². The molecular weight excluding hydrogens is 388 g/mol. The molecule has 1 amide bonds. The van der Waals surface area contributed by atoms with Gasteiger partial charge in [0.2, 0.25) is 6.79 Å². The van der Waals surface area contributed by atoms with Gasteiger partial charge in [0.25, 0.3) is 5.91 Å². The summed E-state index contributed by atoms with van der Waals surface area (Å²) in [7, 11) is 0. The summed E-state index contributed by atoms with van der Waals surface area (Å²) in [4.78, 5) is 29.0. The van der Waals surface area contributed by atoms with Gasteiger partial charge in [-0.25, -0.2) is 0 Å². The molecule has 2 aliphatic rings. The van der Waals surface area contributed by atoms with Gasteiger partial charge < -0.3 is 14.6 Å². The summed E-state index contributed by atoms with van der Waals surface area (Å²) in [6.07, 6.45) is 3.29. The fourth-order valence-corrected chi connectivity index (χ4v) is 3.90. The number of carboxylic acid groups (broad SMARTS) is 1. The zero-order valence-electron chi connectivity index (χ0n) is 13.7. The molecule has 0 atom stereocenters. The topological polar surface area (TPSA) is 89.0 Å². The van der Waals surface area contributed by atoms with Crippen LogP contribution in [0.15, 0.2) is 41.4 Å². The molecule has 0 aliphatic carbocycles. The molecule has 0 radical (unpaired) electrons. The van der Waals surface area contributed by atoms with Crippen molar-refractivity contribution in [2.45, 2.75) is 0 Å². The number of nitrogens with zero attached hydrogens (tertiary/aromatic N) is 2. The third-order valence-corrected chi connectivity index (χ3v) is 5.30. The summed E-state index contributed by atoms with van der Waals surface area (Å²) >= 11 is 6.16. The van der Waals surface area contributed by atoms with E-state index >= 15 is 0 Å². The Morgan fingerprint density at radius 2 is 2.11 bits per heavy atom. The highest BCUT2D eigenvalue weighted by molar-refractivity contribution is 8.26. The number of thiocarbonyl (C=S) groups is 1. The fraction of sp³-hybridized carbons (Fsp3) is 0.111. The minimum absolute atomic E-state index is 0.213. The summed E-state index contributed by atoms with van der Waals surface area (Å²) in [5.41, 5.74) is 2.36. The Morgan fingerprint density at radius 1 is 1.30 bits per heavy atom. The van der Waals surface area contributed by atoms with Crippen LogP contribution >= 0.6 is 24.0 Å². The van der Waals surface area contributed by atoms with E-state index in [-0.39, 0.29) is 11.1 Å². The quantitative estimate of drug-likeness (QED) is 0.619. The first-order chi connectivity index (χ1) is 13.0. The van der Waals surface area contributed by atoms with Gasteiger partial charge in [-0.15, -0.1) is 0 Å². The van der Waals surface area contributed by atoms with E-state index in [0.29, 0.717) is 16.4 Å². The number of thioether (sulfide) groups is 1. The van der Waals surface area contributed by atoms with Crippen LogP contribution in [-0.2, 0) is 9.59 Å². The van der Waals surface area contributed by atoms with Crippen LogP contribution in [0.3, 0.4) is 0 Å². The first kappa shape index (κ1) is 17.5. The largest absolute Gasteiger partial charge is 0.480 e. The standard InChI is InChI=1S/C18H12N2O5S2/c21-16(22)8-20-17(23)15(27-18(20)26)5-10-1-3-12(19-7-10)11-2-4-13-14(6-11)25-9-24-13/h1-7H,8-9H2,(H,21,22)/b15-5+. The lowest BCUT2D eigenvalue weighted by Gasteiger charge is -2.10. The van der Waals surface area contributed by atoms with Crippen molar-refractivity contribution < 1.29 is 24.2 Å². The van der Waals surface area contributed by atoms with Gasteiger partial charge in [-0.3, -0.25) is 19.5 Å². The summed E-state index contributed by atoms with van der Waals surface area (Å²) < 4.78 is 10.9. The molecule has 2 aromatic rings. The Morgan fingerprint density at radius 3 is 2.85 bits per heavy atom. The van der Waals surface area contributed by atoms with E-state index in [4.69, 9.17) is 26.8 Å². The van der Waals surface area contributed by atoms with Crippen molar-refractivity contribution in [2.24, 2.45) is 0 Å². The molecule has 1 fully saturated rings. The summed E-state index contributed by atoms with van der Waals surface area (Å²) in [5.74, 6) is -0.131. The van der Waals surface area contributed by atoms with Gasteiger partial charge in [0.1, 0.15) is 10.9 Å². The zero-order chi connectivity index (χ0) is 19.0. The van der Waals surface area contributed by atoms with Crippen molar-refractivity contribution in [1.82, 2.24) is 9.88 Å². The minimum atomic E-state index is -1.11. The molecule has 4 rings (SSSR count). The number of pyridine rings is 1. The van der Waals surface area contributed by atoms with Crippen LogP contribution in [0.1, 0.15) is 5.56 Å². The number of aliphatic carboxylic acids is 1. The number of carbonyl (C=O) groups is 2. The van der Waals surface area contributed by atoms with Crippen molar-refractivity contribution in [3.05, 3.63) is 47.0 Å². The first-order valence-electron chi connectivity index (χ1n) is 7.84. The van der Waals surface area contributed by atoms with Crippen molar-refractivity contribution in [2.75, 3.05) is 13.3 Å². The van der Waals surface area contributed by atoms with Crippen LogP contribution in [0.2, 0.25) is 0 Å². The third kappa shape index (κ3) is 3.51. The van der Waals surface area contributed by atoms with E-state index in [2.05, 4.69) is 4.98 Å². The molecule has 0 saturated carbocycles. The molecule has 3 heterocycles. The maximum absolute atomic E-state index is 12.3. The number of benzene rings is 1. The van der Waals surface area contributed by atoms with Gasteiger partial charge in [-0.1, -0.05) is 30.0 Å². The van der Waals surface area contributed by atoms with Crippen molar-refractivity contribution >= 4 is 46.3 Å². The average molecular weight is 400 g/mol. The number of ether oxygens (including phenoxy) is 2. The third-order valence-electron chi connectivity index (χ3n) is 3.92. The van der Waals surface area contributed by atoms with Crippen LogP contribution < -0.4 is 9.47 Å². The molecule has 0 spiro atoms. The number of amides is 1. The number of hydrogen-bond acceptors (Lipinski definition) is 7. The summed E-state index contributed by atoms with van der Waals surface area (Å²) in [5, 5.41) is 8.87. The smallest absolute Gasteiger partial charge is 0.323 e.